The van der Waals surface area contributed by atoms with Gasteiger partial charge in [0.25, 0.3) is 11.8 Å². The second-order valence-electron chi connectivity index (χ2n) is 16.1. The third-order valence-corrected chi connectivity index (χ3v) is 11.8. The van der Waals surface area contributed by atoms with Crippen molar-refractivity contribution >= 4 is 29.7 Å². The third kappa shape index (κ3) is 8.30. The first kappa shape index (κ1) is 40.1. The van der Waals surface area contributed by atoms with E-state index in [1.54, 1.807) is 28.3 Å². The molecule has 0 bridgehead atoms. The number of piperazine rings is 1. The number of nitrogens with two attached hydrogens (primary N) is 1. The Morgan fingerprint density at radius 3 is 2.31 bits per heavy atom. The van der Waals surface area contributed by atoms with Crippen molar-refractivity contribution in [2.75, 3.05) is 81.2 Å². The number of carbonyl (C=O) groups excluding carboxylic acids is 2. The molecule has 312 valence electrons. The van der Waals surface area contributed by atoms with Gasteiger partial charge in [0.2, 0.25) is 17.8 Å². The van der Waals surface area contributed by atoms with Crippen LogP contribution in [0.3, 0.4) is 0 Å². The van der Waals surface area contributed by atoms with Crippen molar-refractivity contribution in [3.05, 3.63) is 70.5 Å². The minimum atomic E-state index is -1.54. The fourth-order valence-corrected chi connectivity index (χ4v) is 8.36. The molecule has 4 aromatic rings. The van der Waals surface area contributed by atoms with Crippen molar-refractivity contribution in [2.45, 2.75) is 63.9 Å². The highest BCUT2D eigenvalue weighted by Gasteiger charge is 2.44. The molecule has 4 aliphatic heterocycles. The average molecular weight is 810 g/mol. The number of hydrogen-bond acceptors (Lipinski definition) is 16. The molecule has 59 heavy (non-hydrogen) atoms. The molecule has 2 aromatic heterocycles. The smallest absolute Gasteiger partial charge is 0.258 e. The van der Waals surface area contributed by atoms with Gasteiger partial charge < -0.3 is 50.5 Å². The largest absolute Gasteiger partial charge is 0.508 e. The van der Waals surface area contributed by atoms with E-state index in [9.17, 15) is 30.0 Å². The minimum Gasteiger partial charge on any atom is -0.508 e. The van der Waals surface area contributed by atoms with Crippen molar-refractivity contribution in [3.63, 3.8) is 0 Å². The number of piperidine rings is 1. The van der Waals surface area contributed by atoms with E-state index in [0.717, 1.165) is 16.7 Å². The van der Waals surface area contributed by atoms with Gasteiger partial charge in [-0.15, -0.1) is 0 Å². The first-order valence-electron chi connectivity index (χ1n) is 20.1. The number of morpholine rings is 1. The van der Waals surface area contributed by atoms with Crippen molar-refractivity contribution in [2.24, 2.45) is 0 Å². The number of anilines is 3. The first-order chi connectivity index (χ1) is 28.4. The highest BCUT2D eigenvalue weighted by Crippen LogP contribution is 2.35. The monoisotopic (exact) mass is 809 g/mol. The Kier molecular flexibility index (Phi) is 11.2. The summed E-state index contributed by atoms with van der Waals surface area (Å²) in [5.41, 5.74) is 8.65. The summed E-state index contributed by atoms with van der Waals surface area (Å²) in [6.45, 7) is 9.14. The Labute approximate surface area is 341 Å². The number of phenolic OH excluding ortho intramolecular Hbond substituents is 2. The number of nitrogens with zero attached hydrogens (tertiary/aromatic N) is 10. The van der Waals surface area contributed by atoms with Crippen molar-refractivity contribution in [3.8, 4) is 22.9 Å². The number of aromatic nitrogens is 5. The van der Waals surface area contributed by atoms with Gasteiger partial charge in [-0.05, 0) is 47.1 Å². The lowest BCUT2D eigenvalue weighted by molar-refractivity contribution is -0.157. The summed E-state index contributed by atoms with van der Waals surface area (Å²) in [6, 6.07) is 8.46. The van der Waals surface area contributed by atoms with E-state index in [1.807, 2.05) is 35.8 Å². The molecule has 0 aliphatic carbocycles. The number of likely N-dealkylation sites (tertiary alicyclic amines) is 1. The molecule has 6 N–H and O–H groups in total. The van der Waals surface area contributed by atoms with Gasteiger partial charge in [0, 0.05) is 83.9 Å². The molecule has 2 aromatic carbocycles. The van der Waals surface area contributed by atoms with Crippen LogP contribution >= 0.6 is 0 Å². The number of aliphatic hydroxyl groups is 2. The van der Waals surface area contributed by atoms with E-state index in [4.69, 9.17) is 25.4 Å². The van der Waals surface area contributed by atoms with Crippen LogP contribution in [0.1, 0.15) is 65.2 Å². The molecule has 4 aliphatic rings. The van der Waals surface area contributed by atoms with E-state index in [2.05, 4.69) is 20.9 Å². The number of fused-ring (bicyclic) bond motifs is 1. The van der Waals surface area contributed by atoms with Crippen LogP contribution in [0.15, 0.2) is 42.7 Å². The number of rotatable bonds is 9. The van der Waals surface area contributed by atoms with Crippen LogP contribution in [0, 0.1) is 0 Å². The maximum absolute atomic E-state index is 14.0. The molecule has 1 atom stereocenters. The van der Waals surface area contributed by atoms with E-state index in [1.165, 1.54) is 6.07 Å². The summed E-state index contributed by atoms with van der Waals surface area (Å²) in [5.74, 6) is 0.370. The highest BCUT2D eigenvalue weighted by molar-refractivity contribution is 5.97. The number of amides is 2. The highest BCUT2D eigenvalue weighted by atomic mass is 16.5. The van der Waals surface area contributed by atoms with Gasteiger partial charge in [0.15, 0.2) is 5.82 Å². The number of benzene rings is 2. The SMILES string of the molecule is CC(C)c1cc(C(=O)N2Cc3ccc(CN4CCC(O)(C(=O)N5CCN(c6nc(-c7cnc(N)nc7)nc(N7CCOCC7)n6)[C@@H](CO)C5)CC4)cc3C2)c(O)cc1O. The molecule has 18 nitrogen and oxygen atoms in total. The predicted octanol–water partition coefficient (Wildman–Crippen LogP) is 1.47. The molecule has 0 radical (unpaired) electrons. The van der Waals surface area contributed by atoms with Gasteiger partial charge in [0.05, 0.1) is 37.0 Å². The third-order valence-electron chi connectivity index (χ3n) is 11.8. The van der Waals surface area contributed by atoms with Gasteiger partial charge in [-0.25, -0.2) is 9.97 Å². The molecule has 0 spiro atoms. The number of nitrogen functional groups attached to an aromatic ring is 1. The summed E-state index contributed by atoms with van der Waals surface area (Å²) >= 11 is 0. The molecule has 0 unspecified atom stereocenters. The summed E-state index contributed by atoms with van der Waals surface area (Å²) in [5, 5.41) is 43.1. The van der Waals surface area contributed by atoms with Crippen LogP contribution < -0.4 is 15.5 Å². The van der Waals surface area contributed by atoms with Gasteiger partial charge in [-0.3, -0.25) is 14.5 Å². The number of carbonyl (C=O) groups is 2. The van der Waals surface area contributed by atoms with E-state index >= 15 is 0 Å². The minimum absolute atomic E-state index is 0.0179. The van der Waals surface area contributed by atoms with Crippen molar-refractivity contribution in [1.29, 1.82) is 0 Å². The van der Waals surface area contributed by atoms with Crippen LogP contribution in [-0.4, -0.2) is 149 Å². The van der Waals surface area contributed by atoms with Crippen molar-refractivity contribution in [1.82, 2.24) is 39.6 Å². The molecule has 3 saturated heterocycles. The molecule has 8 rings (SSSR count). The normalized spacial score (nSPS) is 19.6. The number of phenols is 2. The maximum atomic E-state index is 14.0. The number of aliphatic hydroxyl groups excluding tert-OH is 1. The van der Waals surface area contributed by atoms with Crippen LogP contribution in [0.4, 0.5) is 17.8 Å². The van der Waals surface area contributed by atoms with Crippen LogP contribution in [0.25, 0.3) is 11.4 Å². The average Bonchev–Trinajstić information content (AvgIpc) is 3.68. The number of hydrogen-bond donors (Lipinski definition) is 5. The molecule has 18 heteroatoms. The van der Waals surface area contributed by atoms with Gasteiger partial charge in [0.1, 0.15) is 17.1 Å². The van der Waals surface area contributed by atoms with Crippen LogP contribution in [0.2, 0.25) is 0 Å². The summed E-state index contributed by atoms with van der Waals surface area (Å²) in [7, 11) is 0. The second kappa shape index (κ2) is 16.5. The van der Waals surface area contributed by atoms with E-state index in [0.29, 0.717) is 101 Å². The molecule has 6 heterocycles. The topological polar surface area (TPSA) is 231 Å². The lowest BCUT2D eigenvalue weighted by atomic mass is 9.89. The Morgan fingerprint density at radius 1 is 0.881 bits per heavy atom. The Balaban J connectivity index is 0.888. The zero-order valence-corrected chi connectivity index (χ0v) is 33.4. The van der Waals surface area contributed by atoms with Crippen molar-refractivity contribution < 1.29 is 34.8 Å². The number of ether oxygens (including phenoxy) is 1. The quantitative estimate of drug-likeness (QED) is 0.161. The maximum Gasteiger partial charge on any atom is 0.258 e. The standard InChI is InChI=1S/C41H51N11O7/c1-25(2)31-16-32(34(55)17-33(31)54)36(56)51-21-27-4-3-26(15-28(27)22-51)20-48-7-5-41(58,6-8-48)37(57)50-9-10-52(30(23-50)24-53)40-46-35(29-18-43-38(42)44-19-29)45-39(47-40)49-11-13-59-14-12-49/h3-4,15-19,25,30,53-55,58H,5-14,20-24H2,1-2H3,(H2,42,43,44)/t30-/m1/s1. The lowest BCUT2D eigenvalue weighted by Gasteiger charge is -2.45. The zero-order valence-electron chi connectivity index (χ0n) is 33.4. The predicted molar refractivity (Wildman–Crippen MR) is 216 cm³/mol. The fraction of sp³-hybridized carbons (Fsp3) is 0.488. The summed E-state index contributed by atoms with van der Waals surface area (Å²) < 4.78 is 5.53. The zero-order chi connectivity index (χ0) is 41.4. The Bertz CT molecular complexity index is 2190. The van der Waals surface area contributed by atoms with Crippen LogP contribution in [-0.2, 0) is 29.2 Å². The Hall–Kier alpha value is -5.69. The fourth-order valence-electron chi connectivity index (χ4n) is 8.36. The van der Waals surface area contributed by atoms with Crippen LogP contribution in [0.5, 0.6) is 11.5 Å². The second-order valence-corrected chi connectivity index (χ2v) is 16.1. The van der Waals surface area contributed by atoms with E-state index < -0.39 is 11.6 Å². The number of aromatic hydroxyl groups is 2. The van der Waals surface area contributed by atoms with Gasteiger partial charge in [-0.2, -0.15) is 15.0 Å². The van der Waals surface area contributed by atoms with E-state index in [-0.39, 0.29) is 66.7 Å². The lowest BCUT2D eigenvalue weighted by Crippen LogP contribution is -2.62. The molecule has 2 amide bonds. The Morgan fingerprint density at radius 2 is 1.59 bits per heavy atom. The summed E-state index contributed by atoms with van der Waals surface area (Å²) in [6.07, 6.45) is 3.63. The van der Waals surface area contributed by atoms with Gasteiger partial charge >= 0.3 is 0 Å². The summed E-state index contributed by atoms with van der Waals surface area (Å²) in [4.78, 5) is 59.4. The first-order valence-corrected chi connectivity index (χ1v) is 20.1. The molecule has 3 fully saturated rings. The molecule has 0 saturated carbocycles. The van der Waals surface area contributed by atoms with Gasteiger partial charge in [-0.1, -0.05) is 32.0 Å². The molecular weight excluding hydrogens is 759 g/mol. The molecular formula is C41H51N11O7.